The molecule has 0 bridgehead atoms. The van der Waals surface area contributed by atoms with E-state index in [9.17, 15) is 8.42 Å². The van der Waals surface area contributed by atoms with Gasteiger partial charge in [-0.2, -0.15) is 5.26 Å². The number of rotatable bonds is 2. The second kappa shape index (κ2) is 6.03. The molecule has 8 heteroatoms. The van der Waals surface area contributed by atoms with Crippen molar-refractivity contribution in [3.63, 3.8) is 0 Å². The van der Waals surface area contributed by atoms with Crippen LogP contribution in [0.4, 0.5) is 5.82 Å². The van der Waals surface area contributed by atoms with Crippen LogP contribution >= 0.6 is 11.6 Å². The van der Waals surface area contributed by atoms with Crippen LogP contribution in [0.2, 0.25) is 5.02 Å². The molecule has 1 aromatic rings. The zero-order valence-electron chi connectivity index (χ0n) is 12.1. The molecule has 0 amide bonds. The molecule has 3 rings (SSSR count). The van der Waals surface area contributed by atoms with Gasteiger partial charge < -0.3 is 4.90 Å². The molecule has 0 spiro atoms. The van der Waals surface area contributed by atoms with Gasteiger partial charge in [-0.3, -0.25) is 4.90 Å². The molecule has 118 valence electrons. The predicted octanol–water partition coefficient (Wildman–Crippen LogP) is 0.916. The van der Waals surface area contributed by atoms with Gasteiger partial charge in [0.25, 0.3) is 0 Å². The van der Waals surface area contributed by atoms with Gasteiger partial charge in [-0.1, -0.05) is 11.6 Å². The Kier molecular flexibility index (Phi) is 4.26. The number of pyridine rings is 1. The maximum Gasteiger partial charge on any atom is 0.151 e. The number of nitriles is 1. The van der Waals surface area contributed by atoms with E-state index in [2.05, 4.69) is 14.8 Å². The molecule has 2 aliphatic rings. The lowest BCUT2D eigenvalue weighted by Gasteiger charge is -2.38. The molecule has 6 nitrogen and oxygen atoms in total. The molecule has 2 fully saturated rings. The van der Waals surface area contributed by atoms with Crippen LogP contribution in [0.3, 0.4) is 0 Å². The highest BCUT2D eigenvalue weighted by Gasteiger charge is 2.34. The molecule has 3 heterocycles. The Balaban J connectivity index is 1.64. The van der Waals surface area contributed by atoms with Crippen molar-refractivity contribution in [2.24, 2.45) is 0 Å². The van der Waals surface area contributed by atoms with Crippen molar-refractivity contribution in [2.45, 2.75) is 12.5 Å². The van der Waals surface area contributed by atoms with Gasteiger partial charge in [-0.05, 0) is 12.5 Å². The second-order valence-electron chi connectivity index (χ2n) is 5.72. The molecule has 0 aromatic carbocycles. The van der Waals surface area contributed by atoms with Crippen LogP contribution < -0.4 is 4.90 Å². The fraction of sp³-hybridized carbons (Fsp3) is 0.571. The summed E-state index contributed by atoms with van der Waals surface area (Å²) >= 11 is 6.19. The molecule has 0 unspecified atom stereocenters. The Labute approximate surface area is 135 Å². The van der Waals surface area contributed by atoms with Crippen molar-refractivity contribution in [1.29, 1.82) is 5.26 Å². The number of halogens is 1. The van der Waals surface area contributed by atoms with Gasteiger partial charge in [0.15, 0.2) is 9.84 Å². The Morgan fingerprint density at radius 3 is 2.59 bits per heavy atom. The topological polar surface area (TPSA) is 77.3 Å². The van der Waals surface area contributed by atoms with Gasteiger partial charge in [0.1, 0.15) is 11.9 Å². The van der Waals surface area contributed by atoms with E-state index in [1.165, 1.54) is 6.20 Å². The fourth-order valence-electron chi connectivity index (χ4n) is 3.09. The summed E-state index contributed by atoms with van der Waals surface area (Å²) in [5.74, 6) is 1.28. The minimum Gasteiger partial charge on any atom is -0.353 e. The zero-order valence-corrected chi connectivity index (χ0v) is 13.6. The Hall–Kier alpha value is -1.36. The van der Waals surface area contributed by atoms with E-state index in [1.807, 2.05) is 6.07 Å². The molecule has 0 aliphatic carbocycles. The van der Waals surface area contributed by atoms with E-state index in [1.54, 1.807) is 6.07 Å². The molecule has 1 atom stereocenters. The SMILES string of the molecule is N#Cc1cnc(N2CCN([C@@H]3CCS(=O)(=O)C3)CC2)c(Cl)c1. The first-order chi connectivity index (χ1) is 10.5. The first kappa shape index (κ1) is 15.5. The van der Waals surface area contributed by atoms with Gasteiger partial charge >= 0.3 is 0 Å². The van der Waals surface area contributed by atoms with Crippen molar-refractivity contribution in [3.05, 3.63) is 22.8 Å². The Morgan fingerprint density at radius 2 is 2.05 bits per heavy atom. The number of hydrogen-bond donors (Lipinski definition) is 0. The molecule has 22 heavy (non-hydrogen) atoms. The van der Waals surface area contributed by atoms with Crippen LogP contribution in [0.25, 0.3) is 0 Å². The van der Waals surface area contributed by atoms with Crippen molar-refractivity contribution in [2.75, 3.05) is 42.6 Å². The van der Waals surface area contributed by atoms with Crippen molar-refractivity contribution < 1.29 is 8.42 Å². The van der Waals surface area contributed by atoms with E-state index in [4.69, 9.17) is 16.9 Å². The van der Waals surface area contributed by atoms with Crippen LogP contribution in [0.5, 0.6) is 0 Å². The maximum absolute atomic E-state index is 11.6. The van der Waals surface area contributed by atoms with Crippen molar-refractivity contribution in [3.8, 4) is 6.07 Å². The van der Waals surface area contributed by atoms with Crippen LogP contribution in [0, 0.1) is 11.3 Å². The van der Waals surface area contributed by atoms with E-state index in [0.29, 0.717) is 22.2 Å². The molecule has 2 aliphatic heterocycles. The first-order valence-electron chi connectivity index (χ1n) is 7.23. The number of piperazine rings is 1. The van der Waals surface area contributed by atoms with Gasteiger partial charge in [0, 0.05) is 38.4 Å². The quantitative estimate of drug-likeness (QED) is 0.796. The number of hydrogen-bond acceptors (Lipinski definition) is 6. The van der Waals surface area contributed by atoms with Gasteiger partial charge in [-0.15, -0.1) is 0 Å². The van der Waals surface area contributed by atoms with Crippen LogP contribution in [0.1, 0.15) is 12.0 Å². The van der Waals surface area contributed by atoms with E-state index in [-0.39, 0.29) is 11.8 Å². The number of sulfone groups is 1. The summed E-state index contributed by atoms with van der Waals surface area (Å²) in [5, 5.41) is 9.33. The molecule has 2 saturated heterocycles. The third-order valence-electron chi connectivity index (χ3n) is 4.29. The highest BCUT2D eigenvalue weighted by atomic mass is 35.5. The summed E-state index contributed by atoms with van der Waals surface area (Å²) in [6, 6.07) is 3.79. The molecular formula is C14H17ClN4O2S. The lowest BCUT2D eigenvalue weighted by Crippen LogP contribution is -2.51. The van der Waals surface area contributed by atoms with Crippen molar-refractivity contribution in [1.82, 2.24) is 9.88 Å². The van der Waals surface area contributed by atoms with Crippen molar-refractivity contribution >= 4 is 27.3 Å². The number of aromatic nitrogens is 1. The molecule has 0 N–H and O–H groups in total. The Morgan fingerprint density at radius 1 is 1.32 bits per heavy atom. The normalized spacial score (nSPS) is 25.1. The summed E-state index contributed by atoms with van der Waals surface area (Å²) in [7, 11) is -2.84. The number of anilines is 1. The first-order valence-corrected chi connectivity index (χ1v) is 9.43. The highest BCUT2D eigenvalue weighted by molar-refractivity contribution is 7.91. The summed E-state index contributed by atoms with van der Waals surface area (Å²) in [6.07, 6.45) is 2.26. The lowest BCUT2D eigenvalue weighted by molar-refractivity contribution is 0.200. The maximum atomic E-state index is 11.6. The average molecular weight is 341 g/mol. The van der Waals surface area contributed by atoms with Crippen LogP contribution in [-0.4, -0.2) is 62.0 Å². The van der Waals surface area contributed by atoms with Gasteiger partial charge in [0.2, 0.25) is 0 Å². The smallest absolute Gasteiger partial charge is 0.151 e. The summed E-state index contributed by atoms with van der Waals surface area (Å²) in [4.78, 5) is 8.61. The fourth-order valence-corrected chi connectivity index (χ4v) is 5.13. The minimum absolute atomic E-state index is 0.150. The largest absolute Gasteiger partial charge is 0.353 e. The third kappa shape index (κ3) is 3.19. The van der Waals surface area contributed by atoms with E-state index in [0.717, 1.165) is 32.6 Å². The zero-order chi connectivity index (χ0) is 15.7. The van der Waals surface area contributed by atoms with Gasteiger partial charge in [0.05, 0.1) is 22.1 Å². The monoisotopic (exact) mass is 340 g/mol. The van der Waals surface area contributed by atoms with E-state index >= 15 is 0 Å². The molecular weight excluding hydrogens is 324 g/mol. The Bertz CT molecular complexity index is 708. The third-order valence-corrected chi connectivity index (χ3v) is 6.32. The number of nitrogens with zero attached hydrogens (tertiary/aromatic N) is 4. The lowest BCUT2D eigenvalue weighted by atomic mass is 10.2. The molecule has 0 saturated carbocycles. The predicted molar refractivity (Wildman–Crippen MR) is 84.8 cm³/mol. The van der Waals surface area contributed by atoms with Crippen LogP contribution in [-0.2, 0) is 9.84 Å². The van der Waals surface area contributed by atoms with Crippen LogP contribution in [0.15, 0.2) is 12.3 Å². The van der Waals surface area contributed by atoms with Gasteiger partial charge in [-0.25, -0.2) is 13.4 Å². The second-order valence-corrected chi connectivity index (χ2v) is 8.36. The highest BCUT2D eigenvalue weighted by Crippen LogP contribution is 2.26. The summed E-state index contributed by atoms with van der Waals surface area (Å²) in [5.41, 5.74) is 0.448. The standard InChI is InChI=1S/C14H17ClN4O2S/c15-13-7-11(8-16)9-17-14(13)19-4-2-18(3-5-19)12-1-6-22(20,21)10-12/h7,9,12H,1-6,10H2/t12-/m1/s1. The average Bonchev–Trinajstić information content (AvgIpc) is 2.87. The summed E-state index contributed by atoms with van der Waals surface area (Å²) in [6.45, 7) is 3.13. The molecule has 0 radical (unpaired) electrons. The minimum atomic E-state index is -2.84. The van der Waals surface area contributed by atoms with E-state index < -0.39 is 9.84 Å². The summed E-state index contributed by atoms with van der Waals surface area (Å²) < 4.78 is 23.2. The molecule has 1 aromatic heterocycles.